The molecule has 0 N–H and O–H groups in total. The summed E-state index contributed by atoms with van der Waals surface area (Å²) in [7, 11) is 1.73. The topological polar surface area (TPSA) is 49.9 Å². The van der Waals surface area contributed by atoms with Crippen LogP contribution >= 0.6 is 12.4 Å². The monoisotopic (exact) mass is 498 g/mol. The Hall–Kier alpha value is -2.37. The minimum atomic E-state index is 0. The van der Waals surface area contributed by atoms with Crippen molar-refractivity contribution in [2.75, 3.05) is 38.2 Å². The van der Waals surface area contributed by atoms with E-state index in [1.165, 1.54) is 16.7 Å². The molecule has 35 heavy (non-hydrogen) atoms. The predicted molar refractivity (Wildman–Crippen MR) is 144 cm³/mol. The van der Waals surface area contributed by atoms with Crippen LogP contribution in [-0.2, 0) is 24.1 Å². The summed E-state index contributed by atoms with van der Waals surface area (Å²) in [6.07, 6.45) is 7.98. The van der Waals surface area contributed by atoms with E-state index in [4.69, 9.17) is 4.74 Å². The lowest BCUT2D eigenvalue weighted by Gasteiger charge is -2.35. The molecule has 5 nitrogen and oxygen atoms in total. The van der Waals surface area contributed by atoms with Crippen LogP contribution < -0.4 is 9.64 Å². The van der Waals surface area contributed by atoms with Gasteiger partial charge in [-0.1, -0.05) is 31.5 Å². The van der Waals surface area contributed by atoms with Crippen LogP contribution in [0.25, 0.3) is 0 Å². The minimum absolute atomic E-state index is 0. The number of para-hydroxylation sites is 1. The number of ketones is 1. The van der Waals surface area contributed by atoms with Crippen molar-refractivity contribution in [2.45, 2.75) is 64.7 Å². The predicted octanol–water partition coefficient (Wildman–Crippen LogP) is 5.65. The number of rotatable bonds is 12. The fraction of sp³-hybridized carbons (Fsp3) is 0.517. The van der Waals surface area contributed by atoms with Crippen LogP contribution in [0.1, 0.15) is 72.5 Å². The first kappa shape index (κ1) is 27.2. The Kier molecular flexibility index (Phi) is 10.2. The number of halogens is 1. The van der Waals surface area contributed by atoms with E-state index in [1.54, 1.807) is 7.11 Å². The number of Topliss-reactive ketones (excluding diaryl/α,β-unsaturated/α-hetero) is 1. The van der Waals surface area contributed by atoms with Gasteiger partial charge in [0.05, 0.1) is 12.8 Å². The maximum Gasteiger partial charge on any atom is 0.227 e. The molecule has 0 atom stereocenters. The molecule has 6 heteroatoms. The number of ether oxygens (including phenoxy) is 1. The van der Waals surface area contributed by atoms with Gasteiger partial charge in [0.2, 0.25) is 5.91 Å². The van der Waals surface area contributed by atoms with Crippen LogP contribution in [0.3, 0.4) is 0 Å². The zero-order valence-corrected chi connectivity index (χ0v) is 22.0. The molecular weight excluding hydrogens is 460 g/mol. The molecule has 2 heterocycles. The average Bonchev–Trinajstić information content (AvgIpc) is 2.87. The van der Waals surface area contributed by atoms with Gasteiger partial charge in [-0.25, -0.2) is 0 Å². The third kappa shape index (κ3) is 6.65. The van der Waals surface area contributed by atoms with Crippen LogP contribution in [0.15, 0.2) is 36.4 Å². The van der Waals surface area contributed by atoms with Gasteiger partial charge in [-0.2, -0.15) is 0 Å². The summed E-state index contributed by atoms with van der Waals surface area (Å²) in [5, 5.41) is 0. The smallest absolute Gasteiger partial charge is 0.227 e. The van der Waals surface area contributed by atoms with E-state index < -0.39 is 0 Å². The van der Waals surface area contributed by atoms with Crippen molar-refractivity contribution in [3.63, 3.8) is 0 Å². The zero-order valence-electron chi connectivity index (χ0n) is 21.2. The quantitative estimate of drug-likeness (QED) is 0.280. The first-order valence-electron chi connectivity index (χ1n) is 12.9. The molecule has 0 saturated heterocycles. The molecule has 0 saturated carbocycles. The Bertz CT molecular complexity index is 1010. The second-order valence-electron chi connectivity index (χ2n) is 9.52. The molecule has 0 radical (unpaired) electrons. The SMILES string of the molecule is CCN(CCCCCC(=O)c1cc2c3c(c1)CCC(=O)N3CCC2)CCc1ccccc1OC.Cl. The number of anilines is 1. The number of aryl methyl sites for hydroxylation is 2. The second kappa shape index (κ2) is 13.1. The lowest BCUT2D eigenvalue weighted by atomic mass is 9.88. The minimum Gasteiger partial charge on any atom is -0.496 e. The van der Waals surface area contributed by atoms with Crippen molar-refractivity contribution >= 4 is 29.8 Å². The highest BCUT2D eigenvalue weighted by molar-refractivity contribution is 6.01. The summed E-state index contributed by atoms with van der Waals surface area (Å²) in [5.74, 6) is 1.45. The molecule has 0 spiro atoms. The van der Waals surface area contributed by atoms with Crippen molar-refractivity contribution in [1.29, 1.82) is 0 Å². The molecule has 0 fully saturated rings. The second-order valence-corrected chi connectivity index (χ2v) is 9.52. The maximum absolute atomic E-state index is 12.9. The van der Waals surface area contributed by atoms with Gasteiger partial charge >= 0.3 is 0 Å². The molecule has 0 aliphatic carbocycles. The van der Waals surface area contributed by atoms with Crippen molar-refractivity contribution < 1.29 is 14.3 Å². The highest BCUT2D eigenvalue weighted by Gasteiger charge is 2.30. The normalized spacial score (nSPS) is 14.5. The van der Waals surface area contributed by atoms with Crippen molar-refractivity contribution in [2.24, 2.45) is 0 Å². The standard InChI is InChI=1S/C29H38N2O3.ClH/c1-3-30(19-16-22-10-6-7-13-27(22)34-2)17-8-4-5-12-26(32)25-20-23-11-9-18-31-28(33)15-14-24(21-25)29(23)31;/h6-7,10,13,20-21H,3-5,8-9,11-12,14-19H2,1-2H3;1H. The molecule has 2 aromatic carbocycles. The van der Waals surface area contributed by atoms with E-state index >= 15 is 0 Å². The molecule has 1 amide bonds. The van der Waals surface area contributed by atoms with Gasteiger partial charge < -0.3 is 14.5 Å². The highest BCUT2D eigenvalue weighted by Crippen LogP contribution is 2.37. The number of benzene rings is 2. The summed E-state index contributed by atoms with van der Waals surface area (Å²) in [6.45, 7) is 6.15. The van der Waals surface area contributed by atoms with Crippen molar-refractivity contribution in [1.82, 2.24) is 4.90 Å². The van der Waals surface area contributed by atoms with E-state index in [0.717, 1.165) is 88.1 Å². The van der Waals surface area contributed by atoms with Gasteiger partial charge in [0.25, 0.3) is 0 Å². The average molecular weight is 499 g/mol. The first-order chi connectivity index (χ1) is 16.6. The molecular formula is C29H39ClN2O3. The van der Waals surface area contributed by atoms with E-state index in [1.807, 2.05) is 17.0 Å². The number of carbonyl (C=O) groups is 2. The third-order valence-corrected chi connectivity index (χ3v) is 7.31. The third-order valence-electron chi connectivity index (χ3n) is 7.31. The fourth-order valence-corrected chi connectivity index (χ4v) is 5.37. The van der Waals surface area contributed by atoms with Gasteiger partial charge in [0, 0.05) is 31.5 Å². The molecule has 2 aliphatic heterocycles. The summed E-state index contributed by atoms with van der Waals surface area (Å²) in [5.41, 5.74) is 5.58. The van der Waals surface area contributed by atoms with Gasteiger partial charge in [-0.3, -0.25) is 9.59 Å². The van der Waals surface area contributed by atoms with E-state index in [2.05, 4.69) is 36.1 Å². The van der Waals surface area contributed by atoms with E-state index in [0.29, 0.717) is 12.8 Å². The maximum atomic E-state index is 12.9. The Balaban J connectivity index is 0.00000342. The van der Waals surface area contributed by atoms with Crippen molar-refractivity contribution in [3.05, 3.63) is 58.7 Å². The van der Waals surface area contributed by atoms with E-state index in [-0.39, 0.29) is 24.1 Å². The summed E-state index contributed by atoms with van der Waals surface area (Å²) in [4.78, 5) is 29.6. The summed E-state index contributed by atoms with van der Waals surface area (Å²) in [6, 6.07) is 12.4. The lowest BCUT2D eigenvalue weighted by Crippen LogP contribution is -2.39. The number of methoxy groups -OCH3 is 1. The van der Waals surface area contributed by atoms with Crippen LogP contribution in [0.4, 0.5) is 5.69 Å². The van der Waals surface area contributed by atoms with E-state index in [9.17, 15) is 9.59 Å². The molecule has 0 aromatic heterocycles. The fourth-order valence-electron chi connectivity index (χ4n) is 5.37. The van der Waals surface area contributed by atoms with Crippen LogP contribution in [0.5, 0.6) is 5.75 Å². The summed E-state index contributed by atoms with van der Waals surface area (Å²) < 4.78 is 5.47. The summed E-state index contributed by atoms with van der Waals surface area (Å²) >= 11 is 0. The Morgan fingerprint density at radius 3 is 2.57 bits per heavy atom. The number of hydrogen-bond acceptors (Lipinski definition) is 4. The Morgan fingerprint density at radius 1 is 1.03 bits per heavy atom. The number of nitrogens with zero attached hydrogens (tertiary/aromatic N) is 2. The van der Waals surface area contributed by atoms with Gasteiger partial charge in [0.1, 0.15) is 5.75 Å². The van der Waals surface area contributed by atoms with Crippen LogP contribution in [0.2, 0.25) is 0 Å². The van der Waals surface area contributed by atoms with Crippen LogP contribution in [-0.4, -0.2) is 49.9 Å². The molecule has 4 rings (SSSR count). The van der Waals surface area contributed by atoms with Crippen molar-refractivity contribution in [3.8, 4) is 5.75 Å². The molecule has 0 unspecified atom stereocenters. The number of likely N-dealkylation sites (N-methyl/N-ethyl adjacent to an activating group) is 1. The van der Waals surface area contributed by atoms with Gasteiger partial charge in [-0.15, -0.1) is 12.4 Å². The lowest BCUT2D eigenvalue weighted by molar-refractivity contribution is -0.119. The van der Waals surface area contributed by atoms with Crippen LogP contribution in [0, 0.1) is 0 Å². The zero-order chi connectivity index (χ0) is 23.9. The number of amides is 1. The first-order valence-corrected chi connectivity index (χ1v) is 12.9. The Labute approximate surface area is 216 Å². The Morgan fingerprint density at radius 2 is 1.80 bits per heavy atom. The van der Waals surface area contributed by atoms with Gasteiger partial charge in [-0.05, 0) is 86.5 Å². The molecule has 0 bridgehead atoms. The molecule has 2 aromatic rings. The molecule has 2 aliphatic rings. The largest absolute Gasteiger partial charge is 0.496 e. The highest BCUT2D eigenvalue weighted by atomic mass is 35.5. The number of unbranched alkanes of at least 4 members (excludes halogenated alkanes) is 2. The number of hydrogen-bond donors (Lipinski definition) is 0. The number of carbonyl (C=O) groups excluding carboxylic acids is 2. The van der Waals surface area contributed by atoms with Gasteiger partial charge in [0.15, 0.2) is 5.78 Å². The molecule has 190 valence electrons.